The molecule has 8 heteroatoms. The summed E-state index contributed by atoms with van der Waals surface area (Å²) in [5, 5.41) is 3.08. The Kier molecular flexibility index (Phi) is 5.56. The van der Waals surface area contributed by atoms with E-state index < -0.39 is 17.3 Å². The molecule has 0 bridgehead atoms. The Bertz CT molecular complexity index is 1190. The van der Waals surface area contributed by atoms with E-state index >= 15 is 0 Å². The number of aliphatic imine (C=N–C) groups is 1. The fraction of sp³-hybridized carbons (Fsp3) is 0.130. The Balaban J connectivity index is 1.68. The fourth-order valence-electron chi connectivity index (χ4n) is 3.26. The van der Waals surface area contributed by atoms with Crippen molar-refractivity contribution in [3.8, 4) is 0 Å². The maximum absolute atomic E-state index is 14.9. The van der Waals surface area contributed by atoms with Crippen molar-refractivity contribution in [2.24, 2.45) is 10.7 Å². The lowest BCUT2D eigenvalue weighted by Gasteiger charge is -2.29. The Hall–Kier alpha value is -3.52. The first-order valence-electron chi connectivity index (χ1n) is 9.55. The van der Waals surface area contributed by atoms with Crippen LogP contribution in [-0.2, 0) is 5.54 Å². The van der Waals surface area contributed by atoms with Crippen molar-refractivity contribution >= 4 is 33.4 Å². The second-order valence-electron chi connectivity index (χ2n) is 7.27. The van der Waals surface area contributed by atoms with Gasteiger partial charge in [0.25, 0.3) is 5.91 Å². The standard InChI is InChI=1S/C23H20FN5OS/c1-14-12-27-19(13-26-14)21(30)28-16-8-9-18(24)17(10-16)23(2)11-20(31-22(25)29-23)15-6-4-3-5-7-15/h3-13H,1-2H3,(H2,25,29)(H,28,30). The molecular weight excluding hydrogens is 413 g/mol. The van der Waals surface area contributed by atoms with Gasteiger partial charge in [-0.05, 0) is 43.7 Å². The van der Waals surface area contributed by atoms with E-state index in [1.165, 1.54) is 36.3 Å². The van der Waals surface area contributed by atoms with Gasteiger partial charge in [-0.15, -0.1) is 0 Å². The predicted molar refractivity (Wildman–Crippen MR) is 122 cm³/mol. The van der Waals surface area contributed by atoms with Crippen LogP contribution in [0.1, 0.15) is 34.2 Å². The van der Waals surface area contributed by atoms with Gasteiger partial charge in [-0.2, -0.15) is 0 Å². The Labute approximate surface area is 183 Å². The van der Waals surface area contributed by atoms with E-state index in [9.17, 15) is 9.18 Å². The number of nitrogens with two attached hydrogens (primary N) is 1. The van der Waals surface area contributed by atoms with Crippen LogP contribution in [0.3, 0.4) is 0 Å². The number of aryl methyl sites for hydroxylation is 1. The Morgan fingerprint density at radius 1 is 1.13 bits per heavy atom. The van der Waals surface area contributed by atoms with Crippen molar-refractivity contribution in [3.05, 3.63) is 95.3 Å². The highest BCUT2D eigenvalue weighted by Gasteiger charge is 2.32. The van der Waals surface area contributed by atoms with Gasteiger partial charge in [-0.3, -0.25) is 9.78 Å². The second kappa shape index (κ2) is 8.31. The van der Waals surface area contributed by atoms with Gasteiger partial charge in [0.15, 0.2) is 5.17 Å². The average molecular weight is 434 g/mol. The molecule has 156 valence electrons. The largest absolute Gasteiger partial charge is 0.378 e. The van der Waals surface area contributed by atoms with Crippen molar-refractivity contribution in [2.75, 3.05) is 5.32 Å². The summed E-state index contributed by atoms with van der Waals surface area (Å²) in [6, 6.07) is 14.1. The number of benzene rings is 2. The van der Waals surface area contributed by atoms with Crippen LogP contribution in [0.15, 0.2) is 72.0 Å². The summed E-state index contributed by atoms with van der Waals surface area (Å²) in [5.41, 5.74) is 7.64. The molecule has 31 heavy (non-hydrogen) atoms. The fourth-order valence-corrected chi connectivity index (χ4v) is 4.26. The molecule has 2 aromatic carbocycles. The lowest BCUT2D eigenvalue weighted by Crippen LogP contribution is -2.26. The minimum absolute atomic E-state index is 0.172. The summed E-state index contributed by atoms with van der Waals surface area (Å²) in [7, 11) is 0. The molecule has 1 aliphatic heterocycles. The zero-order valence-electron chi connectivity index (χ0n) is 17.0. The number of nitrogens with one attached hydrogen (secondary N) is 1. The lowest BCUT2D eigenvalue weighted by molar-refractivity contribution is 0.102. The number of aromatic nitrogens is 2. The summed E-state index contributed by atoms with van der Waals surface area (Å²) in [5.74, 6) is -0.874. The minimum atomic E-state index is -1.03. The summed E-state index contributed by atoms with van der Waals surface area (Å²) in [6.07, 6.45) is 4.80. The van der Waals surface area contributed by atoms with Gasteiger partial charge in [0, 0.05) is 22.4 Å². The molecule has 0 spiro atoms. The Morgan fingerprint density at radius 3 is 2.61 bits per heavy atom. The third-order valence-corrected chi connectivity index (χ3v) is 5.68. The Morgan fingerprint density at radius 2 is 1.90 bits per heavy atom. The highest BCUT2D eigenvalue weighted by Crippen LogP contribution is 2.41. The van der Waals surface area contributed by atoms with Crippen molar-refractivity contribution in [1.29, 1.82) is 0 Å². The number of hydrogen-bond donors (Lipinski definition) is 2. The van der Waals surface area contributed by atoms with Crippen molar-refractivity contribution in [2.45, 2.75) is 19.4 Å². The van der Waals surface area contributed by atoms with Gasteiger partial charge < -0.3 is 11.1 Å². The maximum Gasteiger partial charge on any atom is 0.275 e. The normalized spacial score (nSPS) is 18.2. The summed E-state index contributed by atoms with van der Waals surface area (Å²) in [4.78, 5) is 26.1. The van der Waals surface area contributed by atoms with Crippen LogP contribution in [0, 0.1) is 12.7 Å². The van der Waals surface area contributed by atoms with E-state index in [-0.39, 0.29) is 5.69 Å². The van der Waals surface area contributed by atoms with Crippen molar-refractivity contribution in [3.63, 3.8) is 0 Å². The molecule has 1 aromatic heterocycles. The monoisotopic (exact) mass is 433 g/mol. The molecule has 0 saturated carbocycles. The number of amidine groups is 1. The number of nitrogens with zero attached hydrogens (tertiary/aromatic N) is 3. The molecule has 6 nitrogen and oxygen atoms in total. The first-order chi connectivity index (χ1) is 14.8. The molecule has 0 saturated heterocycles. The first kappa shape index (κ1) is 20.7. The summed E-state index contributed by atoms with van der Waals surface area (Å²) < 4.78 is 14.9. The van der Waals surface area contributed by atoms with Crippen LogP contribution < -0.4 is 11.1 Å². The number of thioether (sulfide) groups is 1. The van der Waals surface area contributed by atoms with Crippen LogP contribution in [0.2, 0.25) is 0 Å². The molecule has 3 aromatic rings. The lowest BCUT2D eigenvalue weighted by atomic mass is 9.90. The SMILES string of the molecule is Cc1cnc(C(=O)Nc2ccc(F)c(C3(C)C=C(c4ccccc4)SC(N)=N3)c2)cn1. The van der Waals surface area contributed by atoms with E-state index in [0.29, 0.717) is 22.1 Å². The van der Waals surface area contributed by atoms with E-state index in [1.54, 1.807) is 19.9 Å². The first-order valence-corrected chi connectivity index (χ1v) is 10.4. The van der Waals surface area contributed by atoms with Crippen LogP contribution in [0.5, 0.6) is 0 Å². The van der Waals surface area contributed by atoms with E-state index in [1.807, 2.05) is 36.4 Å². The number of carbonyl (C=O) groups is 1. The summed E-state index contributed by atoms with van der Waals surface area (Å²) in [6.45, 7) is 3.57. The molecule has 3 N–H and O–H groups in total. The van der Waals surface area contributed by atoms with Gasteiger partial charge in [-0.1, -0.05) is 42.1 Å². The van der Waals surface area contributed by atoms with Gasteiger partial charge in [0.05, 0.1) is 11.9 Å². The number of anilines is 1. The number of halogens is 1. The third kappa shape index (κ3) is 4.49. The molecule has 1 unspecified atom stereocenters. The minimum Gasteiger partial charge on any atom is -0.378 e. The zero-order valence-corrected chi connectivity index (χ0v) is 17.8. The molecule has 0 fully saturated rings. The molecular formula is C23H20FN5OS. The molecule has 4 rings (SSSR count). The number of hydrogen-bond acceptors (Lipinski definition) is 6. The topological polar surface area (TPSA) is 93.3 Å². The van der Waals surface area contributed by atoms with E-state index in [2.05, 4.69) is 20.3 Å². The third-order valence-electron chi connectivity index (χ3n) is 4.81. The quantitative estimate of drug-likeness (QED) is 0.632. The van der Waals surface area contributed by atoms with Gasteiger partial charge in [0.2, 0.25) is 0 Å². The average Bonchev–Trinajstić information content (AvgIpc) is 2.75. The van der Waals surface area contributed by atoms with Crippen LogP contribution in [0.4, 0.5) is 10.1 Å². The smallest absolute Gasteiger partial charge is 0.275 e. The number of carbonyl (C=O) groups excluding carboxylic acids is 1. The molecule has 1 atom stereocenters. The molecule has 2 heterocycles. The predicted octanol–water partition coefficient (Wildman–Crippen LogP) is 4.49. The number of amides is 1. The van der Waals surface area contributed by atoms with Gasteiger partial charge in [0.1, 0.15) is 17.1 Å². The van der Waals surface area contributed by atoms with Crippen molar-refractivity contribution < 1.29 is 9.18 Å². The highest BCUT2D eigenvalue weighted by atomic mass is 32.2. The molecule has 1 amide bonds. The second-order valence-corrected chi connectivity index (χ2v) is 8.33. The molecule has 0 aliphatic carbocycles. The van der Waals surface area contributed by atoms with Gasteiger partial charge in [-0.25, -0.2) is 14.4 Å². The number of rotatable bonds is 4. The molecule has 0 radical (unpaired) electrons. The highest BCUT2D eigenvalue weighted by molar-refractivity contribution is 8.21. The van der Waals surface area contributed by atoms with Crippen LogP contribution in [-0.4, -0.2) is 21.0 Å². The van der Waals surface area contributed by atoms with Crippen molar-refractivity contribution in [1.82, 2.24) is 9.97 Å². The van der Waals surface area contributed by atoms with Crippen LogP contribution >= 0.6 is 11.8 Å². The van der Waals surface area contributed by atoms with E-state index in [4.69, 9.17) is 5.73 Å². The summed E-state index contributed by atoms with van der Waals surface area (Å²) >= 11 is 1.34. The molecule has 1 aliphatic rings. The van der Waals surface area contributed by atoms with Gasteiger partial charge >= 0.3 is 0 Å². The zero-order chi connectivity index (χ0) is 22.0. The van der Waals surface area contributed by atoms with E-state index in [0.717, 1.165) is 10.5 Å². The maximum atomic E-state index is 14.9. The van der Waals surface area contributed by atoms with Crippen LogP contribution in [0.25, 0.3) is 4.91 Å².